The van der Waals surface area contributed by atoms with E-state index in [1.54, 1.807) is 6.92 Å². The lowest BCUT2D eigenvalue weighted by molar-refractivity contribution is -0.0505. The number of hydrogen-bond acceptors (Lipinski definition) is 2. The summed E-state index contributed by atoms with van der Waals surface area (Å²) in [4.78, 5) is 0. The summed E-state index contributed by atoms with van der Waals surface area (Å²) in [5.41, 5.74) is 0. The zero-order valence-corrected chi connectivity index (χ0v) is 8.90. The topological polar surface area (TPSA) is 40.5 Å². The molecule has 0 heterocycles. The highest BCUT2D eigenvalue weighted by atomic mass is 16.3. The van der Waals surface area contributed by atoms with Crippen LogP contribution in [0.25, 0.3) is 0 Å². The van der Waals surface area contributed by atoms with Crippen molar-refractivity contribution in [1.29, 1.82) is 0 Å². The van der Waals surface area contributed by atoms with Crippen molar-refractivity contribution in [2.24, 2.45) is 17.8 Å². The molecule has 1 rings (SSSR count). The molecule has 0 saturated heterocycles. The van der Waals surface area contributed by atoms with Crippen LogP contribution in [-0.2, 0) is 0 Å². The van der Waals surface area contributed by atoms with Gasteiger partial charge in [0.15, 0.2) is 0 Å². The highest BCUT2D eigenvalue weighted by Crippen LogP contribution is 2.35. The first-order valence-corrected chi connectivity index (χ1v) is 5.40. The summed E-state index contributed by atoms with van der Waals surface area (Å²) in [7, 11) is 0. The molecule has 1 fully saturated rings. The second-order valence-electron chi connectivity index (χ2n) is 4.73. The molecule has 2 N–H and O–H groups in total. The molecule has 1 saturated carbocycles. The van der Waals surface area contributed by atoms with Crippen molar-refractivity contribution in [2.45, 2.75) is 52.2 Å². The number of hydrogen-bond donors (Lipinski definition) is 2. The Labute approximate surface area is 81.0 Å². The molecule has 0 amide bonds. The summed E-state index contributed by atoms with van der Waals surface area (Å²) in [6, 6.07) is 0. The fourth-order valence-electron chi connectivity index (χ4n) is 2.50. The predicted octanol–water partition coefficient (Wildman–Crippen LogP) is 1.80. The van der Waals surface area contributed by atoms with Gasteiger partial charge in [-0.1, -0.05) is 20.3 Å². The largest absolute Gasteiger partial charge is 0.393 e. The minimum atomic E-state index is -0.364. The van der Waals surface area contributed by atoms with E-state index in [4.69, 9.17) is 0 Å². The molecular weight excluding hydrogens is 164 g/mol. The third-order valence-corrected chi connectivity index (χ3v) is 3.43. The van der Waals surface area contributed by atoms with Gasteiger partial charge >= 0.3 is 0 Å². The summed E-state index contributed by atoms with van der Waals surface area (Å²) in [5.74, 6) is 1.01. The van der Waals surface area contributed by atoms with Crippen LogP contribution < -0.4 is 0 Å². The highest BCUT2D eigenvalue weighted by Gasteiger charge is 2.35. The highest BCUT2D eigenvalue weighted by molar-refractivity contribution is 4.85. The van der Waals surface area contributed by atoms with Crippen molar-refractivity contribution in [2.75, 3.05) is 0 Å². The Hall–Kier alpha value is -0.0800. The van der Waals surface area contributed by atoms with Crippen LogP contribution in [-0.4, -0.2) is 22.4 Å². The monoisotopic (exact) mass is 186 g/mol. The van der Waals surface area contributed by atoms with Crippen LogP contribution in [0.1, 0.15) is 40.0 Å². The van der Waals surface area contributed by atoms with E-state index < -0.39 is 0 Å². The molecule has 0 bridgehead atoms. The second kappa shape index (κ2) is 4.43. The van der Waals surface area contributed by atoms with Gasteiger partial charge in [-0.3, -0.25) is 0 Å². The first-order chi connectivity index (χ1) is 6.04. The summed E-state index contributed by atoms with van der Waals surface area (Å²) in [6.45, 7) is 6.09. The van der Waals surface area contributed by atoms with Crippen molar-refractivity contribution >= 4 is 0 Å². The average molecular weight is 186 g/mol. The molecule has 13 heavy (non-hydrogen) atoms. The average Bonchev–Trinajstić information content (AvgIpc) is 2.03. The molecule has 2 nitrogen and oxygen atoms in total. The lowest BCUT2D eigenvalue weighted by atomic mass is 9.72. The van der Waals surface area contributed by atoms with Gasteiger partial charge in [0.05, 0.1) is 12.2 Å². The summed E-state index contributed by atoms with van der Waals surface area (Å²) in [5, 5.41) is 19.5. The quantitative estimate of drug-likeness (QED) is 0.690. The Morgan fingerprint density at radius 1 is 1.08 bits per heavy atom. The standard InChI is InChI=1S/C11H22O2/c1-7(2)9-5-4-6-10(8(3)12)11(9)13/h7-13H,4-6H2,1-3H3. The normalized spacial score (nSPS) is 37.8. The first-order valence-electron chi connectivity index (χ1n) is 5.40. The lowest BCUT2D eigenvalue weighted by Crippen LogP contribution is -2.41. The van der Waals surface area contributed by atoms with Crippen molar-refractivity contribution in [3.8, 4) is 0 Å². The van der Waals surface area contributed by atoms with Crippen LogP contribution in [0.3, 0.4) is 0 Å². The van der Waals surface area contributed by atoms with Crippen LogP contribution in [0, 0.1) is 17.8 Å². The van der Waals surface area contributed by atoms with Gasteiger partial charge in [-0.2, -0.15) is 0 Å². The van der Waals surface area contributed by atoms with E-state index in [-0.39, 0.29) is 18.1 Å². The Morgan fingerprint density at radius 2 is 1.62 bits per heavy atom. The summed E-state index contributed by atoms with van der Waals surface area (Å²) >= 11 is 0. The molecule has 0 aromatic rings. The van der Waals surface area contributed by atoms with Crippen LogP contribution in [0.2, 0.25) is 0 Å². The second-order valence-corrected chi connectivity index (χ2v) is 4.73. The number of aliphatic hydroxyl groups excluding tert-OH is 2. The first kappa shape index (κ1) is 11.0. The van der Waals surface area contributed by atoms with Crippen molar-refractivity contribution < 1.29 is 10.2 Å². The van der Waals surface area contributed by atoms with E-state index in [0.717, 1.165) is 19.3 Å². The Morgan fingerprint density at radius 3 is 2.08 bits per heavy atom. The van der Waals surface area contributed by atoms with Crippen molar-refractivity contribution in [3.05, 3.63) is 0 Å². The van der Waals surface area contributed by atoms with Gasteiger partial charge in [-0.05, 0) is 31.6 Å². The van der Waals surface area contributed by atoms with Gasteiger partial charge in [0.25, 0.3) is 0 Å². The maximum Gasteiger partial charge on any atom is 0.0623 e. The zero-order valence-electron chi connectivity index (χ0n) is 8.90. The predicted molar refractivity (Wildman–Crippen MR) is 53.4 cm³/mol. The van der Waals surface area contributed by atoms with E-state index in [9.17, 15) is 10.2 Å². The molecule has 4 atom stereocenters. The Kier molecular flexibility index (Phi) is 3.74. The number of aliphatic hydroxyl groups is 2. The Bertz CT molecular complexity index is 138. The van der Waals surface area contributed by atoms with Gasteiger partial charge in [0, 0.05) is 5.92 Å². The molecule has 0 radical (unpaired) electrons. The molecule has 1 aliphatic rings. The molecule has 2 heteroatoms. The third kappa shape index (κ3) is 2.44. The van der Waals surface area contributed by atoms with E-state index >= 15 is 0 Å². The van der Waals surface area contributed by atoms with Crippen LogP contribution in [0.5, 0.6) is 0 Å². The molecule has 4 unspecified atom stereocenters. The molecule has 0 aromatic heterocycles. The fraction of sp³-hybridized carbons (Fsp3) is 1.00. The molecule has 1 aliphatic carbocycles. The van der Waals surface area contributed by atoms with E-state index in [0.29, 0.717) is 11.8 Å². The molecule has 0 aromatic carbocycles. The summed E-state index contributed by atoms with van der Waals surface area (Å²) < 4.78 is 0. The van der Waals surface area contributed by atoms with Gasteiger partial charge < -0.3 is 10.2 Å². The van der Waals surface area contributed by atoms with Crippen LogP contribution in [0.4, 0.5) is 0 Å². The van der Waals surface area contributed by atoms with Gasteiger partial charge in [0.1, 0.15) is 0 Å². The SMILES string of the molecule is CC(C)C1CCCC(C(C)O)C1O. The lowest BCUT2D eigenvalue weighted by Gasteiger charge is -2.38. The van der Waals surface area contributed by atoms with Gasteiger partial charge in [-0.15, -0.1) is 0 Å². The Balaban J connectivity index is 2.60. The molecule has 78 valence electrons. The smallest absolute Gasteiger partial charge is 0.0623 e. The molecule has 0 spiro atoms. The van der Waals surface area contributed by atoms with E-state index in [1.807, 2.05) is 0 Å². The number of rotatable bonds is 2. The van der Waals surface area contributed by atoms with E-state index in [2.05, 4.69) is 13.8 Å². The van der Waals surface area contributed by atoms with Crippen LogP contribution in [0.15, 0.2) is 0 Å². The van der Waals surface area contributed by atoms with Crippen molar-refractivity contribution in [1.82, 2.24) is 0 Å². The summed E-state index contributed by atoms with van der Waals surface area (Å²) in [6.07, 6.45) is 2.57. The van der Waals surface area contributed by atoms with Crippen LogP contribution >= 0.6 is 0 Å². The molecule has 0 aliphatic heterocycles. The molecular formula is C11H22O2. The van der Waals surface area contributed by atoms with Crippen molar-refractivity contribution in [3.63, 3.8) is 0 Å². The maximum atomic E-state index is 10.0. The minimum absolute atomic E-state index is 0.0983. The fourth-order valence-corrected chi connectivity index (χ4v) is 2.50. The zero-order chi connectivity index (χ0) is 10.0. The third-order valence-electron chi connectivity index (χ3n) is 3.43. The van der Waals surface area contributed by atoms with Gasteiger partial charge in [-0.25, -0.2) is 0 Å². The van der Waals surface area contributed by atoms with E-state index in [1.165, 1.54) is 0 Å². The maximum absolute atomic E-state index is 10.0. The van der Waals surface area contributed by atoms with Gasteiger partial charge in [0.2, 0.25) is 0 Å². The minimum Gasteiger partial charge on any atom is -0.393 e.